The van der Waals surface area contributed by atoms with Gasteiger partial charge in [0.05, 0.1) is 6.04 Å². The second kappa shape index (κ2) is 7.74. The molecule has 2 N–H and O–H groups in total. The van der Waals surface area contributed by atoms with E-state index in [1.165, 1.54) is 16.8 Å². The number of allylic oxidation sites excluding steroid dienone is 1. The van der Waals surface area contributed by atoms with Crippen LogP contribution in [-0.4, -0.2) is 39.5 Å². The molecule has 4 rings (SSSR count). The van der Waals surface area contributed by atoms with E-state index in [-0.39, 0.29) is 29.4 Å². The molecule has 0 saturated carbocycles. The van der Waals surface area contributed by atoms with Crippen LogP contribution in [0.4, 0.5) is 8.78 Å². The van der Waals surface area contributed by atoms with Gasteiger partial charge in [-0.2, -0.15) is 0 Å². The second-order valence-corrected chi connectivity index (χ2v) is 7.30. The molecule has 0 fully saturated rings. The van der Waals surface area contributed by atoms with Crippen molar-refractivity contribution in [3.8, 4) is 5.75 Å². The Labute approximate surface area is 170 Å². The standard InChI is InChI=1S/C21H19F2N3O4/c22-13-6-5-12(16(23)8-13)9-24-20(29)15-11-26-14-4-2-1-3-7-25(10-14)21(30)17(26)19(28)18(15)27/h1-2,5-6,8,11,14,28H,3-4,7,9-10H2,(H,24,29)/b2-1-/t14-/m1/s1. The number of benzene rings is 1. The highest BCUT2D eigenvalue weighted by Crippen LogP contribution is 2.29. The largest absolute Gasteiger partial charge is 0.503 e. The minimum Gasteiger partial charge on any atom is -0.503 e. The minimum absolute atomic E-state index is 0.0445. The van der Waals surface area contributed by atoms with E-state index in [4.69, 9.17) is 0 Å². The first kappa shape index (κ1) is 19.8. The molecule has 0 saturated heterocycles. The highest BCUT2D eigenvalue weighted by molar-refractivity contribution is 5.99. The van der Waals surface area contributed by atoms with Gasteiger partial charge in [0.15, 0.2) is 11.4 Å². The van der Waals surface area contributed by atoms with Crippen molar-refractivity contribution in [3.63, 3.8) is 0 Å². The molecule has 30 heavy (non-hydrogen) atoms. The highest BCUT2D eigenvalue weighted by atomic mass is 19.1. The summed E-state index contributed by atoms with van der Waals surface area (Å²) < 4.78 is 28.3. The van der Waals surface area contributed by atoms with E-state index in [9.17, 15) is 28.3 Å². The summed E-state index contributed by atoms with van der Waals surface area (Å²) in [5.74, 6) is -3.64. The first-order chi connectivity index (χ1) is 14.4. The number of rotatable bonds is 3. The van der Waals surface area contributed by atoms with Gasteiger partial charge in [0, 0.05) is 37.5 Å². The molecule has 0 spiro atoms. The number of fused-ring (bicyclic) bond motifs is 4. The number of carbonyl (C=O) groups excluding carboxylic acids is 2. The summed E-state index contributed by atoms with van der Waals surface area (Å²) in [4.78, 5) is 39.5. The predicted molar refractivity (Wildman–Crippen MR) is 103 cm³/mol. The number of nitrogens with one attached hydrogen (secondary N) is 1. The summed E-state index contributed by atoms with van der Waals surface area (Å²) in [6.07, 6.45) is 6.45. The molecular formula is C21H19F2N3O4. The van der Waals surface area contributed by atoms with Crippen molar-refractivity contribution in [1.82, 2.24) is 14.8 Å². The van der Waals surface area contributed by atoms with Crippen LogP contribution >= 0.6 is 0 Å². The lowest BCUT2D eigenvalue weighted by Gasteiger charge is -2.37. The van der Waals surface area contributed by atoms with Crippen molar-refractivity contribution < 1.29 is 23.5 Å². The first-order valence-corrected chi connectivity index (χ1v) is 9.51. The molecular weight excluding hydrogens is 396 g/mol. The quantitative estimate of drug-likeness (QED) is 0.752. The number of halogens is 2. The molecule has 1 atom stereocenters. The van der Waals surface area contributed by atoms with Crippen LogP contribution in [0.15, 0.2) is 41.3 Å². The molecule has 2 aliphatic rings. The topological polar surface area (TPSA) is 91.6 Å². The SMILES string of the molecule is O=C(NCc1ccc(F)cc1F)c1cn2c(c(O)c1=O)C(=O)N1CC/C=C\C[C@@H]2C1. The minimum atomic E-state index is -0.972. The van der Waals surface area contributed by atoms with E-state index in [2.05, 4.69) is 5.32 Å². The number of aromatic nitrogens is 1. The summed E-state index contributed by atoms with van der Waals surface area (Å²) >= 11 is 0. The third-order valence-corrected chi connectivity index (χ3v) is 5.36. The zero-order valence-corrected chi connectivity index (χ0v) is 15.9. The van der Waals surface area contributed by atoms with Crippen molar-refractivity contribution in [3.05, 3.63) is 75.2 Å². The van der Waals surface area contributed by atoms with Crippen LogP contribution in [0.2, 0.25) is 0 Å². The van der Waals surface area contributed by atoms with Crippen LogP contribution in [0.3, 0.4) is 0 Å². The van der Waals surface area contributed by atoms with E-state index >= 15 is 0 Å². The van der Waals surface area contributed by atoms with Gasteiger partial charge in [-0.25, -0.2) is 8.78 Å². The zero-order chi connectivity index (χ0) is 21.4. The van der Waals surface area contributed by atoms with E-state index in [0.29, 0.717) is 32.0 Å². The number of hydrogen-bond donors (Lipinski definition) is 2. The van der Waals surface area contributed by atoms with Crippen LogP contribution < -0.4 is 10.7 Å². The van der Waals surface area contributed by atoms with Gasteiger partial charge in [0.1, 0.15) is 17.2 Å². The Morgan fingerprint density at radius 1 is 1.23 bits per heavy atom. The van der Waals surface area contributed by atoms with Gasteiger partial charge < -0.3 is 19.9 Å². The predicted octanol–water partition coefficient (Wildman–Crippen LogP) is 2.11. The number of nitrogens with zero attached hydrogens (tertiary/aromatic N) is 2. The number of amides is 2. The maximum absolute atomic E-state index is 13.8. The normalized spacial score (nSPS) is 18.9. The van der Waals surface area contributed by atoms with Crippen molar-refractivity contribution >= 4 is 11.8 Å². The van der Waals surface area contributed by atoms with Crippen LogP contribution in [0, 0.1) is 11.6 Å². The summed E-state index contributed by atoms with van der Waals surface area (Å²) in [5, 5.41) is 12.8. The van der Waals surface area contributed by atoms with Crippen molar-refractivity contribution in [1.29, 1.82) is 0 Å². The molecule has 1 aromatic carbocycles. The number of pyridine rings is 1. The maximum Gasteiger partial charge on any atom is 0.274 e. The fourth-order valence-electron chi connectivity index (χ4n) is 3.77. The smallest absolute Gasteiger partial charge is 0.274 e. The van der Waals surface area contributed by atoms with Crippen LogP contribution in [0.25, 0.3) is 0 Å². The molecule has 9 heteroatoms. The molecule has 0 unspecified atom stereocenters. The Morgan fingerprint density at radius 3 is 2.80 bits per heavy atom. The van der Waals surface area contributed by atoms with Crippen molar-refractivity contribution in [2.45, 2.75) is 25.4 Å². The lowest BCUT2D eigenvalue weighted by atomic mass is 10.0. The third kappa shape index (κ3) is 3.47. The molecule has 2 amide bonds. The molecule has 156 valence electrons. The molecule has 3 heterocycles. The Bertz CT molecular complexity index is 1130. The molecule has 1 aromatic heterocycles. The highest BCUT2D eigenvalue weighted by Gasteiger charge is 2.35. The molecule has 2 bridgehead atoms. The van der Waals surface area contributed by atoms with Gasteiger partial charge in [0.2, 0.25) is 5.43 Å². The summed E-state index contributed by atoms with van der Waals surface area (Å²) in [6, 6.07) is 2.71. The molecule has 2 aliphatic heterocycles. The van der Waals surface area contributed by atoms with Gasteiger partial charge in [-0.1, -0.05) is 18.2 Å². The lowest BCUT2D eigenvalue weighted by Crippen LogP contribution is -2.45. The summed E-state index contributed by atoms with van der Waals surface area (Å²) in [7, 11) is 0. The van der Waals surface area contributed by atoms with Crippen LogP contribution in [0.5, 0.6) is 5.75 Å². The van der Waals surface area contributed by atoms with E-state index < -0.39 is 34.6 Å². The van der Waals surface area contributed by atoms with Crippen LogP contribution in [-0.2, 0) is 6.54 Å². The Morgan fingerprint density at radius 2 is 2.03 bits per heavy atom. The van der Waals surface area contributed by atoms with E-state index in [1.807, 2.05) is 12.2 Å². The Kier molecular flexibility index (Phi) is 5.11. The van der Waals surface area contributed by atoms with E-state index in [1.54, 1.807) is 4.90 Å². The maximum atomic E-state index is 13.8. The van der Waals surface area contributed by atoms with Crippen LogP contribution in [0.1, 0.15) is 45.3 Å². The average molecular weight is 415 g/mol. The number of hydrogen-bond acceptors (Lipinski definition) is 4. The van der Waals surface area contributed by atoms with Crippen molar-refractivity contribution in [2.75, 3.05) is 13.1 Å². The fraction of sp³-hybridized carbons (Fsp3) is 0.286. The number of aromatic hydroxyl groups is 1. The third-order valence-electron chi connectivity index (χ3n) is 5.36. The first-order valence-electron chi connectivity index (χ1n) is 9.51. The molecule has 7 nitrogen and oxygen atoms in total. The van der Waals surface area contributed by atoms with Gasteiger partial charge in [-0.05, 0) is 18.9 Å². The Hall–Kier alpha value is -3.49. The van der Waals surface area contributed by atoms with Gasteiger partial charge in [-0.3, -0.25) is 14.4 Å². The molecule has 2 aromatic rings. The van der Waals surface area contributed by atoms with Crippen molar-refractivity contribution in [2.24, 2.45) is 0 Å². The van der Waals surface area contributed by atoms with E-state index in [0.717, 1.165) is 6.07 Å². The van der Waals surface area contributed by atoms with Gasteiger partial charge in [0.25, 0.3) is 11.8 Å². The summed E-state index contributed by atoms with van der Waals surface area (Å²) in [6.45, 7) is 0.608. The average Bonchev–Trinajstić information content (AvgIpc) is 2.68. The summed E-state index contributed by atoms with van der Waals surface area (Å²) in [5.41, 5.74) is -1.42. The fourth-order valence-corrected chi connectivity index (χ4v) is 3.77. The second-order valence-electron chi connectivity index (χ2n) is 7.30. The Balaban J connectivity index is 1.67. The van der Waals surface area contributed by atoms with Gasteiger partial charge in [-0.15, -0.1) is 0 Å². The zero-order valence-electron chi connectivity index (χ0n) is 15.9. The van der Waals surface area contributed by atoms with Gasteiger partial charge >= 0.3 is 0 Å². The molecule has 0 radical (unpaired) electrons. The molecule has 0 aliphatic carbocycles. The number of carbonyl (C=O) groups is 2. The lowest BCUT2D eigenvalue weighted by molar-refractivity contribution is 0.0659. The monoisotopic (exact) mass is 415 g/mol.